The number of hydrogen-bond donors (Lipinski definition) is 1. The van der Waals surface area contributed by atoms with Crippen molar-refractivity contribution in [2.45, 2.75) is 38.5 Å². The van der Waals surface area contributed by atoms with Crippen LogP contribution in [0.3, 0.4) is 0 Å². The van der Waals surface area contributed by atoms with Gasteiger partial charge in [0, 0.05) is 4.75 Å². The van der Waals surface area contributed by atoms with E-state index in [0.717, 1.165) is 11.3 Å². The first-order chi connectivity index (χ1) is 10.3. The van der Waals surface area contributed by atoms with Crippen molar-refractivity contribution in [1.82, 2.24) is 20.1 Å². The molecule has 1 aromatic carbocycles. The van der Waals surface area contributed by atoms with Crippen LogP contribution in [0, 0.1) is 0 Å². The summed E-state index contributed by atoms with van der Waals surface area (Å²) in [6, 6.07) is 7.92. The standard InChI is InChI=1S/C16H22N4OS/c1-12(19-15(21)9-22-16(2,3)4)13-5-7-14(8-6-13)20-11-17-10-18-20/h5-8,10-12H,9H2,1-4H3,(H,19,21). The van der Waals surface area contributed by atoms with Crippen molar-refractivity contribution >= 4 is 17.7 Å². The molecule has 1 heterocycles. The van der Waals surface area contributed by atoms with E-state index >= 15 is 0 Å². The number of carbonyl (C=O) groups excluding carboxylic acids is 1. The molecule has 1 amide bonds. The van der Waals surface area contributed by atoms with Crippen LogP contribution in [-0.2, 0) is 4.79 Å². The maximum Gasteiger partial charge on any atom is 0.230 e. The zero-order chi connectivity index (χ0) is 16.2. The van der Waals surface area contributed by atoms with Crippen molar-refractivity contribution in [2.24, 2.45) is 0 Å². The molecule has 2 rings (SSSR count). The van der Waals surface area contributed by atoms with Gasteiger partial charge in [0.15, 0.2) is 0 Å². The summed E-state index contributed by atoms with van der Waals surface area (Å²) in [4.78, 5) is 15.9. The molecular weight excluding hydrogens is 296 g/mol. The lowest BCUT2D eigenvalue weighted by molar-refractivity contribution is -0.119. The zero-order valence-corrected chi connectivity index (χ0v) is 14.2. The van der Waals surface area contributed by atoms with Gasteiger partial charge < -0.3 is 5.32 Å². The van der Waals surface area contributed by atoms with E-state index in [1.807, 2.05) is 31.2 Å². The van der Waals surface area contributed by atoms with Crippen LogP contribution in [0.4, 0.5) is 0 Å². The number of benzene rings is 1. The van der Waals surface area contributed by atoms with Crippen LogP contribution < -0.4 is 5.32 Å². The summed E-state index contributed by atoms with van der Waals surface area (Å²) in [7, 11) is 0. The fourth-order valence-electron chi connectivity index (χ4n) is 1.91. The molecule has 1 aromatic heterocycles. The Morgan fingerprint density at radius 3 is 2.55 bits per heavy atom. The number of amides is 1. The van der Waals surface area contributed by atoms with Gasteiger partial charge in [-0.25, -0.2) is 9.67 Å². The molecule has 1 unspecified atom stereocenters. The van der Waals surface area contributed by atoms with Gasteiger partial charge >= 0.3 is 0 Å². The van der Waals surface area contributed by atoms with Gasteiger partial charge in [0.25, 0.3) is 0 Å². The molecule has 0 aliphatic carbocycles. The highest BCUT2D eigenvalue weighted by atomic mass is 32.2. The van der Waals surface area contributed by atoms with Crippen LogP contribution in [0.25, 0.3) is 5.69 Å². The Kier molecular flexibility index (Phi) is 5.24. The minimum Gasteiger partial charge on any atom is -0.349 e. The predicted molar refractivity (Wildman–Crippen MR) is 90.1 cm³/mol. The van der Waals surface area contributed by atoms with Gasteiger partial charge in [-0.3, -0.25) is 4.79 Å². The molecule has 0 radical (unpaired) electrons. The number of rotatable bonds is 5. The highest BCUT2D eigenvalue weighted by Crippen LogP contribution is 2.23. The average molecular weight is 318 g/mol. The highest BCUT2D eigenvalue weighted by molar-refractivity contribution is 8.01. The van der Waals surface area contributed by atoms with Crippen LogP contribution >= 0.6 is 11.8 Å². The smallest absolute Gasteiger partial charge is 0.230 e. The number of nitrogens with zero attached hydrogens (tertiary/aromatic N) is 3. The normalized spacial score (nSPS) is 12.9. The number of aromatic nitrogens is 3. The van der Waals surface area contributed by atoms with Gasteiger partial charge in [-0.15, -0.1) is 11.8 Å². The summed E-state index contributed by atoms with van der Waals surface area (Å²) >= 11 is 1.65. The molecule has 0 spiro atoms. The van der Waals surface area contributed by atoms with Crippen molar-refractivity contribution in [3.05, 3.63) is 42.5 Å². The van der Waals surface area contributed by atoms with E-state index in [1.54, 1.807) is 22.8 Å². The summed E-state index contributed by atoms with van der Waals surface area (Å²) in [6.07, 6.45) is 3.16. The Morgan fingerprint density at radius 1 is 1.32 bits per heavy atom. The third-order valence-electron chi connectivity index (χ3n) is 3.09. The molecule has 2 aromatic rings. The lowest BCUT2D eigenvalue weighted by atomic mass is 10.1. The molecule has 0 saturated carbocycles. The Hall–Kier alpha value is -1.82. The van der Waals surface area contributed by atoms with Gasteiger partial charge in [0.1, 0.15) is 12.7 Å². The van der Waals surface area contributed by atoms with Gasteiger partial charge in [-0.05, 0) is 24.6 Å². The van der Waals surface area contributed by atoms with Gasteiger partial charge in [0.05, 0.1) is 17.5 Å². The topological polar surface area (TPSA) is 59.8 Å². The van der Waals surface area contributed by atoms with Crippen LogP contribution in [0.2, 0.25) is 0 Å². The van der Waals surface area contributed by atoms with E-state index in [-0.39, 0.29) is 16.7 Å². The second-order valence-corrected chi connectivity index (χ2v) is 7.92. The van der Waals surface area contributed by atoms with Crippen molar-refractivity contribution in [3.63, 3.8) is 0 Å². The molecule has 0 fully saturated rings. The van der Waals surface area contributed by atoms with Crippen LogP contribution in [-0.4, -0.2) is 31.2 Å². The summed E-state index contributed by atoms with van der Waals surface area (Å²) in [5.41, 5.74) is 2.01. The predicted octanol–water partition coefficient (Wildman–Crippen LogP) is 2.98. The fourth-order valence-corrected chi connectivity index (χ4v) is 2.55. The van der Waals surface area contributed by atoms with Crippen molar-refractivity contribution in [3.8, 4) is 5.69 Å². The van der Waals surface area contributed by atoms with Crippen LogP contribution in [0.1, 0.15) is 39.3 Å². The Balaban J connectivity index is 1.92. The number of carbonyl (C=O) groups is 1. The Labute approximate surface area is 135 Å². The largest absolute Gasteiger partial charge is 0.349 e. The van der Waals surface area contributed by atoms with E-state index in [9.17, 15) is 4.79 Å². The van der Waals surface area contributed by atoms with E-state index in [4.69, 9.17) is 0 Å². The average Bonchev–Trinajstić information content (AvgIpc) is 2.99. The molecule has 0 aliphatic heterocycles. The summed E-state index contributed by atoms with van der Waals surface area (Å²) in [5.74, 6) is 0.540. The van der Waals surface area contributed by atoms with Crippen molar-refractivity contribution in [2.75, 3.05) is 5.75 Å². The van der Waals surface area contributed by atoms with E-state index in [1.165, 1.54) is 6.33 Å². The number of thioether (sulfide) groups is 1. The van der Waals surface area contributed by atoms with Crippen LogP contribution in [0.15, 0.2) is 36.9 Å². The first-order valence-electron chi connectivity index (χ1n) is 7.23. The SMILES string of the molecule is CC(NC(=O)CSC(C)(C)C)c1ccc(-n2cncn2)cc1. The lowest BCUT2D eigenvalue weighted by Gasteiger charge is -2.19. The minimum absolute atomic E-state index is 0.0159. The van der Waals surface area contributed by atoms with Gasteiger partial charge in [0.2, 0.25) is 5.91 Å². The molecule has 1 N–H and O–H groups in total. The maximum atomic E-state index is 12.0. The lowest BCUT2D eigenvalue weighted by Crippen LogP contribution is -2.29. The molecule has 0 bridgehead atoms. The second kappa shape index (κ2) is 6.96. The molecular formula is C16H22N4OS. The van der Waals surface area contributed by atoms with Crippen LogP contribution in [0.5, 0.6) is 0 Å². The van der Waals surface area contributed by atoms with Crippen molar-refractivity contribution in [1.29, 1.82) is 0 Å². The Bertz CT molecular complexity index is 602. The first kappa shape index (κ1) is 16.5. The third kappa shape index (κ3) is 4.87. The zero-order valence-electron chi connectivity index (χ0n) is 13.4. The molecule has 0 saturated heterocycles. The summed E-state index contributed by atoms with van der Waals surface area (Å²) < 4.78 is 1.80. The van der Waals surface area contributed by atoms with E-state index in [0.29, 0.717) is 5.75 Å². The molecule has 118 valence electrons. The molecule has 1 atom stereocenters. The molecule has 0 aliphatic rings. The maximum absolute atomic E-state index is 12.0. The fraction of sp³-hybridized carbons (Fsp3) is 0.438. The van der Waals surface area contributed by atoms with Crippen molar-refractivity contribution < 1.29 is 4.79 Å². The molecule has 6 heteroatoms. The molecule has 22 heavy (non-hydrogen) atoms. The summed E-state index contributed by atoms with van der Waals surface area (Å²) in [6.45, 7) is 8.32. The number of nitrogens with one attached hydrogen (secondary N) is 1. The van der Waals surface area contributed by atoms with Gasteiger partial charge in [-0.2, -0.15) is 5.10 Å². The Morgan fingerprint density at radius 2 is 2.00 bits per heavy atom. The second-order valence-electron chi connectivity index (χ2n) is 6.12. The third-order valence-corrected chi connectivity index (χ3v) is 4.36. The monoisotopic (exact) mass is 318 g/mol. The van der Waals surface area contributed by atoms with E-state index in [2.05, 4.69) is 36.2 Å². The first-order valence-corrected chi connectivity index (χ1v) is 8.22. The molecule has 5 nitrogen and oxygen atoms in total. The minimum atomic E-state index is -0.0159. The quantitative estimate of drug-likeness (QED) is 0.921. The van der Waals surface area contributed by atoms with Gasteiger partial charge in [-0.1, -0.05) is 32.9 Å². The van der Waals surface area contributed by atoms with E-state index < -0.39 is 0 Å². The summed E-state index contributed by atoms with van der Waals surface area (Å²) in [5, 5.41) is 7.12. The highest BCUT2D eigenvalue weighted by Gasteiger charge is 2.15. The number of hydrogen-bond acceptors (Lipinski definition) is 4.